The first-order chi connectivity index (χ1) is 14.7. The summed E-state index contributed by atoms with van der Waals surface area (Å²) in [6, 6.07) is 11.3. The van der Waals surface area contributed by atoms with Crippen molar-refractivity contribution in [3.05, 3.63) is 55.1 Å². The molecule has 152 valence electrons. The second-order valence-corrected chi connectivity index (χ2v) is 7.62. The number of aromatic nitrogens is 4. The van der Waals surface area contributed by atoms with Crippen molar-refractivity contribution in [3.8, 4) is 28.3 Å². The Hall–Kier alpha value is -3.45. The molecule has 0 radical (unpaired) electrons. The van der Waals surface area contributed by atoms with E-state index < -0.39 is 0 Å². The number of ether oxygens (including phenoxy) is 1. The lowest BCUT2D eigenvalue weighted by Crippen LogP contribution is -2.44. The Balaban J connectivity index is 1.44. The standard InChI is InChI=1S/C23H24N6O/c1-28-7-9-29(10-8-28)19-5-3-16(4-6-19)17-11-20-21(15-25-22(20)24-12-17)18-13-26-23(30-2)27-14-18/h3-6,11-15H,7-10H2,1-2H3,(H,24,25). The first-order valence-electron chi connectivity index (χ1n) is 10.1. The summed E-state index contributed by atoms with van der Waals surface area (Å²) in [6.07, 6.45) is 7.40. The minimum Gasteiger partial charge on any atom is -0.467 e. The van der Waals surface area contributed by atoms with Gasteiger partial charge >= 0.3 is 6.01 Å². The lowest BCUT2D eigenvalue weighted by Gasteiger charge is -2.34. The number of aromatic amines is 1. The third-order valence-corrected chi connectivity index (χ3v) is 5.72. The van der Waals surface area contributed by atoms with Gasteiger partial charge in [0.2, 0.25) is 0 Å². The van der Waals surface area contributed by atoms with E-state index in [9.17, 15) is 0 Å². The van der Waals surface area contributed by atoms with Crippen LogP contribution >= 0.6 is 0 Å². The van der Waals surface area contributed by atoms with Gasteiger partial charge in [-0.3, -0.25) is 0 Å². The number of pyridine rings is 1. The largest absolute Gasteiger partial charge is 0.467 e. The van der Waals surface area contributed by atoms with Gasteiger partial charge in [-0.2, -0.15) is 0 Å². The van der Waals surface area contributed by atoms with Gasteiger partial charge in [0, 0.05) is 78.7 Å². The molecule has 4 aromatic rings. The number of fused-ring (bicyclic) bond motifs is 1. The lowest BCUT2D eigenvalue weighted by atomic mass is 10.0. The molecule has 3 aromatic heterocycles. The van der Waals surface area contributed by atoms with Gasteiger partial charge in [0.25, 0.3) is 0 Å². The molecule has 1 aromatic carbocycles. The first kappa shape index (κ1) is 18.6. The number of rotatable bonds is 4. The van der Waals surface area contributed by atoms with E-state index in [1.54, 1.807) is 19.5 Å². The van der Waals surface area contributed by atoms with Gasteiger partial charge in [-0.25, -0.2) is 15.0 Å². The number of methoxy groups -OCH3 is 1. The van der Waals surface area contributed by atoms with Crippen LogP contribution < -0.4 is 9.64 Å². The van der Waals surface area contributed by atoms with Crippen LogP contribution in [0.1, 0.15) is 0 Å². The van der Waals surface area contributed by atoms with Crippen LogP contribution in [-0.2, 0) is 0 Å². The molecule has 1 aliphatic rings. The molecule has 7 heteroatoms. The van der Waals surface area contributed by atoms with E-state index in [0.29, 0.717) is 6.01 Å². The Labute approximate surface area is 175 Å². The molecule has 1 fully saturated rings. The Morgan fingerprint density at radius 2 is 1.57 bits per heavy atom. The SMILES string of the molecule is COc1ncc(-c2c[nH]c3ncc(-c4ccc(N5CCN(C)CC5)cc4)cc23)cn1. The molecule has 0 amide bonds. The zero-order chi connectivity index (χ0) is 20.5. The Bertz CT molecular complexity index is 1140. The lowest BCUT2D eigenvalue weighted by molar-refractivity contribution is 0.313. The number of benzene rings is 1. The minimum absolute atomic E-state index is 0.359. The molecule has 5 rings (SSSR count). The van der Waals surface area contributed by atoms with Gasteiger partial charge in [0.05, 0.1) is 7.11 Å². The summed E-state index contributed by atoms with van der Waals surface area (Å²) in [6.45, 7) is 4.35. The zero-order valence-corrected chi connectivity index (χ0v) is 17.2. The molecule has 0 aliphatic carbocycles. The molecule has 7 nitrogen and oxygen atoms in total. The van der Waals surface area contributed by atoms with Crippen molar-refractivity contribution in [2.75, 3.05) is 45.2 Å². The highest BCUT2D eigenvalue weighted by Gasteiger charge is 2.15. The summed E-state index contributed by atoms with van der Waals surface area (Å²) < 4.78 is 5.06. The topological polar surface area (TPSA) is 70.2 Å². The van der Waals surface area contributed by atoms with E-state index in [1.165, 1.54) is 5.69 Å². The summed E-state index contributed by atoms with van der Waals surface area (Å²) in [4.78, 5) is 21.1. The number of hydrogen-bond donors (Lipinski definition) is 1. The second-order valence-electron chi connectivity index (χ2n) is 7.62. The number of nitrogens with zero attached hydrogens (tertiary/aromatic N) is 5. The van der Waals surface area contributed by atoms with Gasteiger partial charge in [0.1, 0.15) is 5.65 Å². The fourth-order valence-electron chi connectivity index (χ4n) is 3.89. The molecule has 0 unspecified atom stereocenters. The highest BCUT2D eigenvalue weighted by atomic mass is 16.5. The molecule has 0 atom stereocenters. The maximum absolute atomic E-state index is 5.06. The summed E-state index contributed by atoms with van der Waals surface area (Å²) in [5.41, 5.74) is 6.31. The van der Waals surface area contributed by atoms with Crippen molar-refractivity contribution in [3.63, 3.8) is 0 Å². The molecule has 1 N–H and O–H groups in total. The van der Waals surface area contributed by atoms with Crippen molar-refractivity contribution >= 4 is 16.7 Å². The maximum atomic E-state index is 5.06. The highest BCUT2D eigenvalue weighted by Crippen LogP contribution is 2.31. The van der Waals surface area contributed by atoms with E-state index in [1.807, 2.05) is 12.4 Å². The Morgan fingerprint density at radius 3 is 2.27 bits per heavy atom. The number of piperazine rings is 1. The number of hydrogen-bond acceptors (Lipinski definition) is 6. The van der Waals surface area contributed by atoms with Gasteiger partial charge in [-0.15, -0.1) is 0 Å². The summed E-state index contributed by atoms with van der Waals surface area (Å²) in [5, 5.41) is 1.05. The molecular formula is C23H24N6O. The number of nitrogens with one attached hydrogen (secondary N) is 1. The van der Waals surface area contributed by atoms with E-state index in [-0.39, 0.29) is 0 Å². The Morgan fingerprint density at radius 1 is 0.867 bits per heavy atom. The van der Waals surface area contributed by atoms with Crippen LogP contribution in [0.15, 0.2) is 55.1 Å². The molecule has 0 saturated carbocycles. The molecule has 1 saturated heterocycles. The molecule has 0 spiro atoms. The van der Waals surface area contributed by atoms with Crippen molar-refractivity contribution < 1.29 is 4.74 Å². The number of H-pyrrole nitrogens is 1. The normalized spacial score (nSPS) is 14.9. The van der Waals surface area contributed by atoms with Crippen LogP contribution in [-0.4, -0.2) is 65.2 Å². The van der Waals surface area contributed by atoms with E-state index in [4.69, 9.17) is 4.74 Å². The quantitative estimate of drug-likeness (QED) is 0.566. The molecule has 4 heterocycles. The fourth-order valence-corrected chi connectivity index (χ4v) is 3.89. The van der Waals surface area contributed by atoms with Crippen molar-refractivity contribution in [1.29, 1.82) is 0 Å². The predicted molar refractivity (Wildman–Crippen MR) is 119 cm³/mol. The number of anilines is 1. The van der Waals surface area contributed by atoms with E-state index in [2.05, 4.69) is 67.1 Å². The molecule has 30 heavy (non-hydrogen) atoms. The summed E-state index contributed by atoms with van der Waals surface area (Å²) in [7, 11) is 3.74. The average Bonchev–Trinajstić information content (AvgIpc) is 3.23. The van der Waals surface area contributed by atoms with E-state index >= 15 is 0 Å². The van der Waals surface area contributed by atoms with Gasteiger partial charge in [0.15, 0.2) is 0 Å². The van der Waals surface area contributed by atoms with Crippen LogP contribution in [0.4, 0.5) is 5.69 Å². The van der Waals surface area contributed by atoms with Crippen LogP contribution in [0, 0.1) is 0 Å². The first-order valence-corrected chi connectivity index (χ1v) is 10.1. The third kappa shape index (κ3) is 3.48. The van der Waals surface area contributed by atoms with Gasteiger partial charge in [-0.05, 0) is 30.8 Å². The van der Waals surface area contributed by atoms with E-state index in [0.717, 1.165) is 59.5 Å². The third-order valence-electron chi connectivity index (χ3n) is 5.72. The van der Waals surface area contributed by atoms with Crippen LogP contribution in [0.5, 0.6) is 6.01 Å². The van der Waals surface area contributed by atoms with Gasteiger partial charge in [-0.1, -0.05) is 12.1 Å². The highest BCUT2D eigenvalue weighted by molar-refractivity contribution is 5.95. The predicted octanol–water partition coefficient (Wildman–Crippen LogP) is 3.45. The zero-order valence-electron chi connectivity index (χ0n) is 17.2. The van der Waals surface area contributed by atoms with Crippen molar-refractivity contribution in [2.24, 2.45) is 0 Å². The Kier molecular flexibility index (Phi) is 4.80. The van der Waals surface area contributed by atoms with Crippen molar-refractivity contribution in [1.82, 2.24) is 24.8 Å². The van der Waals surface area contributed by atoms with Crippen LogP contribution in [0.2, 0.25) is 0 Å². The smallest absolute Gasteiger partial charge is 0.316 e. The van der Waals surface area contributed by atoms with Crippen LogP contribution in [0.25, 0.3) is 33.3 Å². The molecule has 1 aliphatic heterocycles. The maximum Gasteiger partial charge on any atom is 0.316 e. The van der Waals surface area contributed by atoms with Gasteiger partial charge < -0.3 is 19.5 Å². The molecule has 0 bridgehead atoms. The van der Waals surface area contributed by atoms with Crippen LogP contribution in [0.3, 0.4) is 0 Å². The summed E-state index contributed by atoms with van der Waals surface area (Å²) in [5.74, 6) is 0. The average molecular weight is 400 g/mol. The molecular weight excluding hydrogens is 376 g/mol. The fraction of sp³-hybridized carbons (Fsp3) is 0.261. The monoisotopic (exact) mass is 400 g/mol. The second kappa shape index (κ2) is 7.76. The minimum atomic E-state index is 0.359. The van der Waals surface area contributed by atoms with Crippen molar-refractivity contribution in [2.45, 2.75) is 0 Å². The number of likely N-dealkylation sites (N-methyl/N-ethyl adjacent to an activating group) is 1. The summed E-state index contributed by atoms with van der Waals surface area (Å²) >= 11 is 0.